The second-order valence-electron chi connectivity index (χ2n) is 8.97. The van der Waals surface area contributed by atoms with Gasteiger partial charge in [-0.15, -0.1) is 0 Å². The number of hydrogen-bond donors (Lipinski definition) is 2. The van der Waals surface area contributed by atoms with Gasteiger partial charge in [-0.05, 0) is 42.2 Å². The largest absolute Gasteiger partial charge is 0.440 e. The first-order valence-corrected chi connectivity index (χ1v) is 12.8. The lowest BCUT2D eigenvalue weighted by molar-refractivity contribution is -0.109. The van der Waals surface area contributed by atoms with Gasteiger partial charge in [0.2, 0.25) is 6.29 Å². The maximum absolute atomic E-state index is 13.5. The monoisotopic (exact) mass is 561 g/mol. The van der Waals surface area contributed by atoms with Gasteiger partial charge in [0.25, 0.3) is 5.88 Å². The lowest BCUT2D eigenvalue weighted by Gasteiger charge is -2.31. The third-order valence-electron chi connectivity index (χ3n) is 6.38. The second kappa shape index (κ2) is 14.1. The number of fused-ring (bicyclic) bond motifs is 1. The molecule has 2 aromatic heterocycles. The lowest BCUT2D eigenvalue weighted by Crippen LogP contribution is -2.40. The summed E-state index contributed by atoms with van der Waals surface area (Å²) in [6.45, 7) is 1.58. The summed E-state index contributed by atoms with van der Waals surface area (Å²) >= 11 is 0. The molecule has 41 heavy (non-hydrogen) atoms. The molecule has 2 amide bonds. The maximum atomic E-state index is 13.5. The standard InChI is InChI=1S/C28H31N7O6/c1-38-12-8-30-22-14-23(31-16-21(22)15-29)32-28(37)35-10-6-7-19-13-20(25(33-26(19)35)27(39-2)40-3)17-34-9-4-5-11-41-24(34)18-36/h4-5,9,11,13-14,16,27H,6-8,10,12,17H2,1-3H3,(H2,30,31,32,37). The summed E-state index contributed by atoms with van der Waals surface area (Å²) in [7, 11) is 4.57. The van der Waals surface area contributed by atoms with Crippen LogP contribution < -0.4 is 15.5 Å². The fraction of sp³-hybridized carbons (Fsp3) is 0.357. The summed E-state index contributed by atoms with van der Waals surface area (Å²) in [5.41, 5.74) is 2.90. The normalized spacial score (nSPS) is 14.2. The zero-order chi connectivity index (χ0) is 29.2. The number of amides is 2. The van der Waals surface area contributed by atoms with Gasteiger partial charge >= 0.3 is 6.03 Å². The molecule has 13 heteroatoms. The highest BCUT2D eigenvalue weighted by atomic mass is 16.7. The van der Waals surface area contributed by atoms with Crippen molar-refractivity contribution in [2.45, 2.75) is 25.7 Å². The molecule has 2 N–H and O–H groups in total. The number of carbonyl (C=O) groups is 1. The van der Waals surface area contributed by atoms with Gasteiger partial charge in [0, 0.05) is 52.9 Å². The maximum Gasteiger partial charge on any atom is 0.328 e. The van der Waals surface area contributed by atoms with Crippen molar-refractivity contribution in [3.63, 3.8) is 0 Å². The van der Waals surface area contributed by atoms with E-state index in [1.807, 2.05) is 12.0 Å². The SMILES string of the molecule is COCCNc1cc(NC(=O)N2CCCc3cc(CN4C=CC=COC4=C=O)c(C(OC)OC)nc32)ncc1C#N. The average Bonchev–Trinajstić information content (AvgIpc) is 3.22. The molecule has 0 spiro atoms. The zero-order valence-corrected chi connectivity index (χ0v) is 23.0. The van der Waals surface area contributed by atoms with E-state index in [1.165, 1.54) is 26.7 Å². The molecule has 4 heterocycles. The van der Waals surface area contributed by atoms with Crippen molar-refractivity contribution in [3.05, 3.63) is 71.2 Å². The van der Waals surface area contributed by atoms with E-state index in [1.54, 1.807) is 41.3 Å². The quantitative estimate of drug-likeness (QED) is 0.250. The molecule has 2 aromatic rings. The number of anilines is 3. The smallest absolute Gasteiger partial charge is 0.328 e. The Morgan fingerprint density at radius 3 is 2.80 bits per heavy atom. The molecule has 0 saturated carbocycles. The number of methoxy groups -OCH3 is 3. The van der Waals surface area contributed by atoms with Crippen LogP contribution in [0.1, 0.15) is 35.1 Å². The van der Waals surface area contributed by atoms with Crippen LogP contribution in [0.4, 0.5) is 22.1 Å². The summed E-state index contributed by atoms with van der Waals surface area (Å²) in [4.78, 5) is 37.2. The zero-order valence-electron chi connectivity index (χ0n) is 23.0. The fourth-order valence-electron chi connectivity index (χ4n) is 4.46. The summed E-state index contributed by atoms with van der Waals surface area (Å²) < 4.78 is 21.5. The van der Waals surface area contributed by atoms with Gasteiger partial charge in [-0.3, -0.25) is 10.2 Å². The van der Waals surface area contributed by atoms with E-state index in [4.69, 9.17) is 23.9 Å². The molecule has 2 aliphatic rings. The lowest BCUT2D eigenvalue weighted by atomic mass is 10.0. The topological polar surface area (TPSA) is 151 Å². The van der Waals surface area contributed by atoms with Gasteiger partial charge in [-0.25, -0.2) is 19.6 Å². The Balaban J connectivity index is 1.64. The number of nitrogens with zero attached hydrogens (tertiary/aromatic N) is 5. The number of carbonyl (C=O) groups excluding carboxylic acids is 2. The van der Waals surface area contributed by atoms with E-state index in [0.717, 1.165) is 11.1 Å². The highest BCUT2D eigenvalue weighted by Gasteiger charge is 2.29. The van der Waals surface area contributed by atoms with Crippen LogP contribution in [0.15, 0.2) is 48.8 Å². The molecule has 4 rings (SSSR count). The van der Waals surface area contributed by atoms with Crippen LogP contribution in [0.2, 0.25) is 0 Å². The minimum absolute atomic E-state index is 0.00273. The molecule has 0 bridgehead atoms. The van der Waals surface area contributed by atoms with E-state index in [2.05, 4.69) is 21.7 Å². The molecular weight excluding hydrogens is 530 g/mol. The fourth-order valence-corrected chi connectivity index (χ4v) is 4.46. The highest BCUT2D eigenvalue weighted by Crippen LogP contribution is 2.33. The first-order chi connectivity index (χ1) is 20.0. The molecular formula is C28H31N7O6. The Morgan fingerprint density at radius 2 is 2.07 bits per heavy atom. The number of nitriles is 1. The average molecular weight is 562 g/mol. The minimum Gasteiger partial charge on any atom is -0.440 e. The predicted octanol–water partition coefficient (Wildman–Crippen LogP) is 3.22. The van der Waals surface area contributed by atoms with Crippen molar-refractivity contribution < 1.29 is 28.5 Å². The van der Waals surface area contributed by atoms with Crippen LogP contribution in [0.5, 0.6) is 0 Å². The van der Waals surface area contributed by atoms with Crippen LogP contribution in [0, 0.1) is 11.3 Å². The Labute approximate surface area is 237 Å². The molecule has 0 aromatic carbocycles. The number of allylic oxidation sites excluding steroid dienone is 2. The Bertz CT molecular complexity index is 1410. The number of rotatable bonds is 10. The van der Waals surface area contributed by atoms with E-state index < -0.39 is 12.3 Å². The van der Waals surface area contributed by atoms with Crippen LogP contribution in [-0.2, 0) is 36.7 Å². The Hall–Kier alpha value is -4.73. The molecule has 0 atom stereocenters. The van der Waals surface area contributed by atoms with Gasteiger partial charge in [0.1, 0.15) is 23.4 Å². The summed E-state index contributed by atoms with van der Waals surface area (Å²) in [5, 5.41) is 15.4. The molecule has 214 valence electrons. The van der Waals surface area contributed by atoms with Crippen molar-refractivity contribution in [2.75, 3.05) is 56.6 Å². The van der Waals surface area contributed by atoms with Crippen LogP contribution >= 0.6 is 0 Å². The third-order valence-corrected chi connectivity index (χ3v) is 6.38. The summed E-state index contributed by atoms with van der Waals surface area (Å²) in [5.74, 6) is 2.55. The Morgan fingerprint density at radius 1 is 1.24 bits per heavy atom. The highest BCUT2D eigenvalue weighted by molar-refractivity contribution is 6.01. The predicted molar refractivity (Wildman–Crippen MR) is 149 cm³/mol. The first kappa shape index (κ1) is 29.3. The second-order valence-corrected chi connectivity index (χ2v) is 8.97. The number of aryl methyl sites for hydroxylation is 1. The molecule has 0 fully saturated rings. The van der Waals surface area contributed by atoms with Crippen molar-refractivity contribution >= 4 is 29.3 Å². The third kappa shape index (κ3) is 6.89. The van der Waals surface area contributed by atoms with Crippen LogP contribution in [0.3, 0.4) is 0 Å². The van der Waals surface area contributed by atoms with Crippen LogP contribution in [-0.4, -0.2) is 67.9 Å². The van der Waals surface area contributed by atoms with Gasteiger partial charge < -0.3 is 29.2 Å². The number of nitrogens with one attached hydrogen (secondary N) is 2. The van der Waals surface area contributed by atoms with Crippen molar-refractivity contribution in [3.8, 4) is 6.07 Å². The molecule has 0 aliphatic carbocycles. The minimum atomic E-state index is -0.832. The first-order valence-electron chi connectivity index (χ1n) is 12.8. The van der Waals surface area contributed by atoms with E-state index in [9.17, 15) is 14.9 Å². The number of hydrogen-bond acceptors (Lipinski definition) is 11. The van der Waals surface area contributed by atoms with Gasteiger partial charge in [0.05, 0.1) is 30.7 Å². The molecule has 13 nitrogen and oxygen atoms in total. The number of ether oxygens (including phenoxy) is 4. The molecule has 0 unspecified atom stereocenters. The van der Waals surface area contributed by atoms with Crippen molar-refractivity contribution in [2.24, 2.45) is 0 Å². The number of pyridine rings is 2. The molecule has 2 aliphatic heterocycles. The summed E-state index contributed by atoms with van der Waals surface area (Å²) in [6, 6.07) is 5.21. The molecule has 0 saturated heterocycles. The van der Waals surface area contributed by atoms with E-state index >= 15 is 0 Å². The molecule has 0 radical (unpaired) electrons. The van der Waals surface area contributed by atoms with Gasteiger partial charge in [-0.2, -0.15) is 5.26 Å². The van der Waals surface area contributed by atoms with E-state index in [0.29, 0.717) is 55.3 Å². The number of urea groups is 1. The Kier molecular flexibility index (Phi) is 10.0. The van der Waals surface area contributed by atoms with E-state index in [-0.39, 0.29) is 18.2 Å². The summed E-state index contributed by atoms with van der Waals surface area (Å²) in [6.07, 6.45) is 8.46. The van der Waals surface area contributed by atoms with Crippen molar-refractivity contribution in [1.29, 1.82) is 5.26 Å². The van der Waals surface area contributed by atoms with Gasteiger partial charge in [0.15, 0.2) is 5.94 Å². The van der Waals surface area contributed by atoms with Gasteiger partial charge in [-0.1, -0.05) is 0 Å². The van der Waals surface area contributed by atoms with Crippen molar-refractivity contribution in [1.82, 2.24) is 14.9 Å². The van der Waals surface area contributed by atoms with Crippen LogP contribution in [0.25, 0.3) is 0 Å². The number of aromatic nitrogens is 2.